The maximum Gasteiger partial charge on any atom is 0.276 e. The Morgan fingerprint density at radius 1 is 1.50 bits per heavy atom. The Labute approximate surface area is 107 Å². The molecule has 0 aliphatic rings. The summed E-state index contributed by atoms with van der Waals surface area (Å²) in [6.07, 6.45) is 0.956. The minimum atomic E-state index is -0.392. The van der Waals surface area contributed by atoms with Crippen molar-refractivity contribution in [2.45, 2.75) is 33.2 Å². The fourth-order valence-electron chi connectivity index (χ4n) is 1.56. The molecular weight excluding hydrogens is 232 g/mol. The molecule has 0 spiro atoms. The van der Waals surface area contributed by atoms with Crippen molar-refractivity contribution in [3.05, 3.63) is 22.2 Å². The van der Waals surface area contributed by atoms with E-state index in [0.717, 1.165) is 6.42 Å². The van der Waals surface area contributed by atoms with Crippen LogP contribution in [0.5, 0.6) is 0 Å². The van der Waals surface area contributed by atoms with Crippen LogP contribution >= 0.6 is 0 Å². The number of anilines is 2. The highest BCUT2D eigenvalue weighted by Gasteiger charge is 2.16. The van der Waals surface area contributed by atoms with Gasteiger partial charge in [-0.1, -0.05) is 6.92 Å². The summed E-state index contributed by atoms with van der Waals surface area (Å²) < 4.78 is 0. The van der Waals surface area contributed by atoms with Crippen LogP contribution in [0.15, 0.2) is 12.1 Å². The van der Waals surface area contributed by atoms with Gasteiger partial charge in [-0.15, -0.1) is 0 Å². The quantitative estimate of drug-likeness (QED) is 0.622. The molecule has 1 atom stereocenters. The van der Waals surface area contributed by atoms with Gasteiger partial charge in [0.15, 0.2) is 0 Å². The molecule has 18 heavy (non-hydrogen) atoms. The third-order valence-electron chi connectivity index (χ3n) is 2.98. The van der Waals surface area contributed by atoms with Crippen molar-refractivity contribution in [2.24, 2.45) is 0 Å². The Morgan fingerprint density at radius 3 is 2.67 bits per heavy atom. The van der Waals surface area contributed by atoms with Gasteiger partial charge < -0.3 is 10.2 Å². The molecule has 0 amide bonds. The molecule has 6 heteroatoms. The smallest absolute Gasteiger partial charge is 0.276 e. The van der Waals surface area contributed by atoms with E-state index in [9.17, 15) is 10.1 Å². The van der Waals surface area contributed by atoms with Gasteiger partial charge in [0.05, 0.1) is 17.1 Å². The summed E-state index contributed by atoms with van der Waals surface area (Å²) in [5.41, 5.74) is 0.0612. The molecule has 100 valence electrons. The summed E-state index contributed by atoms with van der Waals surface area (Å²) in [7, 11) is 1.90. The van der Waals surface area contributed by atoms with E-state index >= 15 is 0 Å². The average Bonchev–Trinajstić information content (AvgIpc) is 2.36. The first-order valence-corrected chi connectivity index (χ1v) is 6.12. The first kappa shape index (κ1) is 14.2. The van der Waals surface area contributed by atoms with Gasteiger partial charge in [0.25, 0.3) is 5.69 Å². The van der Waals surface area contributed by atoms with Crippen LogP contribution in [0.25, 0.3) is 0 Å². The first-order valence-electron chi connectivity index (χ1n) is 6.12. The lowest BCUT2D eigenvalue weighted by Gasteiger charge is -2.25. The number of hydrogen-bond donors (Lipinski definition) is 1. The molecule has 0 bridgehead atoms. The third kappa shape index (κ3) is 3.32. The number of nitrogens with one attached hydrogen (secondary N) is 1. The Hall–Kier alpha value is -1.85. The van der Waals surface area contributed by atoms with Crippen LogP contribution in [0.3, 0.4) is 0 Å². The highest BCUT2D eigenvalue weighted by Crippen LogP contribution is 2.24. The number of hydrogen-bond acceptors (Lipinski definition) is 5. The summed E-state index contributed by atoms with van der Waals surface area (Å²) >= 11 is 0. The fraction of sp³-hybridized carbons (Fsp3) is 0.583. The van der Waals surface area contributed by atoms with Crippen molar-refractivity contribution in [1.29, 1.82) is 0 Å². The monoisotopic (exact) mass is 252 g/mol. The molecule has 0 saturated heterocycles. The molecule has 0 fully saturated rings. The molecule has 0 aromatic carbocycles. The van der Waals surface area contributed by atoms with Gasteiger partial charge in [0.1, 0.15) is 11.6 Å². The molecule has 0 aliphatic heterocycles. The molecule has 1 N–H and O–H groups in total. The van der Waals surface area contributed by atoms with E-state index in [1.54, 1.807) is 0 Å². The maximum atomic E-state index is 10.9. The second-order valence-corrected chi connectivity index (χ2v) is 4.22. The minimum absolute atomic E-state index is 0.0612. The number of aromatic nitrogens is 1. The molecule has 1 aromatic heterocycles. The second kappa shape index (κ2) is 6.18. The fourth-order valence-corrected chi connectivity index (χ4v) is 1.56. The van der Waals surface area contributed by atoms with E-state index < -0.39 is 4.92 Å². The lowest BCUT2D eigenvalue weighted by Crippen LogP contribution is -2.29. The van der Waals surface area contributed by atoms with Crippen molar-refractivity contribution in [3.8, 4) is 0 Å². The molecule has 1 unspecified atom stereocenters. The molecule has 0 aliphatic carbocycles. The van der Waals surface area contributed by atoms with Gasteiger partial charge in [0.2, 0.25) is 0 Å². The van der Waals surface area contributed by atoms with E-state index in [0.29, 0.717) is 18.2 Å². The third-order valence-corrected chi connectivity index (χ3v) is 2.98. The number of pyridine rings is 1. The summed E-state index contributed by atoms with van der Waals surface area (Å²) in [4.78, 5) is 16.8. The highest BCUT2D eigenvalue weighted by molar-refractivity contribution is 5.55. The largest absolute Gasteiger partial charge is 0.370 e. The van der Waals surface area contributed by atoms with Crippen LogP contribution < -0.4 is 10.2 Å². The Bertz CT molecular complexity index is 423. The summed E-state index contributed by atoms with van der Waals surface area (Å²) in [5, 5.41) is 13.9. The molecule has 1 aromatic rings. The van der Waals surface area contributed by atoms with Crippen molar-refractivity contribution >= 4 is 17.3 Å². The van der Waals surface area contributed by atoms with E-state index in [4.69, 9.17) is 0 Å². The van der Waals surface area contributed by atoms with E-state index in [1.807, 2.05) is 18.9 Å². The van der Waals surface area contributed by atoms with Crippen LogP contribution in [0.1, 0.15) is 27.2 Å². The van der Waals surface area contributed by atoms with Gasteiger partial charge in [-0.3, -0.25) is 10.1 Å². The maximum absolute atomic E-state index is 10.9. The summed E-state index contributed by atoms with van der Waals surface area (Å²) in [6, 6.07) is 3.25. The van der Waals surface area contributed by atoms with Crippen LogP contribution in [-0.2, 0) is 0 Å². The van der Waals surface area contributed by atoms with E-state index in [-0.39, 0.29) is 11.7 Å². The second-order valence-electron chi connectivity index (χ2n) is 4.22. The van der Waals surface area contributed by atoms with Gasteiger partial charge in [-0.05, 0) is 20.3 Å². The van der Waals surface area contributed by atoms with Gasteiger partial charge in [-0.2, -0.15) is 0 Å². The Balaban J connectivity index is 3.13. The van der Waals surface area contributed by atoms with Crippen molar-refractivity contribution in [3.63, 3.8) is 0 Å². The van der Waals surface area contributed by atoms with Gasteiger partial charge in [0, 0.05) is 19.6 Å². The average molecular weight is 252 g/mol. The van der Waals surface area contributed by atoms with Gasteiger partial charge in [-0.25, -0.2) is 4.98 Å². The van der Waals surface area contributed by atoms with Crippen molar-refractivity contribution in [1.82, 2.24) is 4.98 Å². The predicted octanol–water partition coefficient (Wildman–Crippen LogP) is 2.66. The lowest BCUT2D eigenvalue weighted by atomic mass is 10.2. The molecule has 1 rings (SSSR count). The number of nitrogens with zero attached hydrogens (tertiary/aromatic N) is 3. The van der Waals surface area contributed by atoms with Gasteiger partial charge >= 0.3 is 0 Å². The summed E-state index contributed by atoms with van der Waals surface area (Å²) in [5.74, 6) is 1.16. The van der Waals surface area contributed by atoms with Crippen LogP contribution in [0.2, 0.25) is 0 Å². The molecule has 0 saturated carbocycles. The normalized spacial score (nSPS) is 12.0. The zero-order valence-electron chi connectivity index (χ0n) is 11.3. The van der Waals surface area contributed by atoms with Crippen molar-refractivity contribution in [2.75, 3.05) is 23.8 Å². The van der Waals surface area contributed by atoms with Crippen LogP contribution in [0, 0.1) is 10.1 Å². The standard InChI is InChI=1S/C12H20N4O2/c1-5-9(3)15(4)12-8-10(16(17)18)7-11(14-12)13-6-2/h7-9H,5-6H2,1-4H3,(H,13,14). The Morgan fingerprint density at radius 2 is 2.17 bits per heavy atom. The van der Waals surface area contributed by atoms with Crippen LogP contribution in [0.4, 0.5) is 17.3 Å². The SMILES string of the molecule is CCNc1cc([N+](=O)[O-])cc(N(C)C(C)CC)n1. The zero-order chi connectivity index (χ0) is 13.7. The number of rotatable bonds is 6. The van der Waals surface area contributed by atoms with E-state index in [2.05, 4.69) is 24.1 Å². The highest BCUT2D eigenvalue weighted by atomic mass is 16.6. The molecule has 6 nitrogen and oxygen atoms in total. The first-order chi connectivity index (χ1) is 8.49. The lowest BCUT2D eigenvalue weighted by molar-refractivity contribution is -0.384. The zero-order valence-corrected chi connectivity index (χ0v) is 11.3. The number of nitro groups is 1. The molecule has 0 radical (unpaired) electrons. The molecule has 1 heterocycles. The topological polar surface area (TPSA) is 71.3 Å². The van der Waals surface area contributed by atoms with E-state index in [1.165, 1.54) is 12.1 Å². The minimum Gasteiger partial charge on any atom is -0.370 e. The van der Waals surface area contributed by atoms with Crippen LogP contribution in [-0.4, -0.2) is 29.5 Å². The predicted molar refractivity (Wildman–Crippen MR) is 73.2 cm³/mol. The van der Waals surface area contributed by atoms with Crippen molar-refractivity contribution < 1.29 is 4.92 Å². The summed E-state index contributed by atoms with van der Waals surface area (Å²) in [6.45, 7) is 6.75. The molecular formula is C12H20N4O2. The Kier molecular flexibility index (Phi) is 4.88.